The molecule has 8 nitrogen and oxygen atoms in total. The molecule has 0 aliphatic carbocycles. The first kappa shape index (κ1) is 35.7. The molecule has 4 aliphatic rings. The van der Waals surface area contributed by atoms with Gasteiger partial charge >= 0.3 is 0 Å². The Hall–Kier alpha value is -4.64. The van der Waals surface area contributed by atoms with Crippen molar-refractivity contribution in [3.8, 4) is 0 Å². The van der Waals surface area contributed by atoms with Gasteiger partial charge in [0, 0.05) is 47.7 Å². The summed E-state index contributed by atoms with van der Waals surface area (Å²) >= 11 is 4.61. The smallest absolute Gasteiger partial charge is 0.261 e. The number of nitrogens with zero attached hydrogens (tertiary/aromatic N) is 4. The number of fused-ring (bicyclic) bond motifs is 2. The summed E-state index contributed by atoms with van der Waals surface area (Å²) in [6, 6.07) is 5.33. The van der Waals surface area contributed by atoms with Crippen LogP contribution in [0.4, 0.5) is 17.6 Å². The van der Waals surface area contributed by atoms with Crippen LogP contribution in [0.25, 0.3) is 22.8 Å². The molecule has 16 heteroatoms. The minimum absolute atomic E-state index is 0.282. The fourth-order valence-electron chi connectivity index (χ4n) is 6.77. The van der Waals surface area contributed by atoms with Gasteiger partial charge in [0.05, 0.1) is 64.6 Å². The topological polar surface area (TPSA) is 81.2 Å². The first-order valence-corrected chi connectivity index (χ1v) is 19.7. The summed E-state index contributed by atoms with van der Waals surface area (Å²) in [5.74, 6) is -2.85. The molecule has 0 spiro atoms. The third-order valence-electron chi connectivity index (χ3n) is 8.83. The van der Waals surface area contributed by atoms with Gasteiger partial charge in [-0.2, -0.15) is 0 Å². The number of thiophene rings is 4. The average molecular weight is 785 g/mol. The fourth-order valence-corrected chi connectivity index (χ4v) is 10.0. The lowest BCUT2D eigenvalue weighted by Gasteiger charge is -2.22. The van der Waals surface area contributed by atoms with Crippen LogP contribution >= 0.6 is 45.3 Å². The maximum absolute atomic E-state index is 13.6. The molecule has 0 aromatic carbocycles. The average Bonchev–Trinajstić information content (AvgIpc) is 3.99. The minimum atomic E-state index is -0.405. The molecule has 0 N–H and O–H groups in total. The number of rotatable bonds is 8. The zero-order valence-electron chi connectivity index (χ0n) is 28.0. The summed E-state index contributed by atoms with van der Waals surface area (Å²) < 4.78 is 54.3. The van der Waals surface area contributed by atoms with E-state index in [2.05, 4.69) is 0 Å². The van der Waals surface area contributed by atoms with Gasteiger partial charge in [0.2, 0.25) is 0 Å². The summed E-state index contributed by atoms with van der Waals surface area (Å²) in [6.07, 6.45) is 0. The number of likely N-dealkylation sites (N-methyl/N-ethyl adjacent to an activating group) is 4. The standard InChI is InChI=1S/2C18H14F2N2O2S2/c2*1-3-21-15(11-5-9(19)7-25-11)13-14(17(21)23)16(22(4-2)18(13)24)12-6-10(20)8-26-12/h2*5-8H,3-4H2,1-2H3. The largest absolute Gasteiger partial charge is 0.306 e. The Labute approximate surface area is 311 Å². The van der Waals surface area contributed by atoms with Crippen molar-refractivity contribution in [3.63, 3.8) is 0 Å². The highest BCUT2D eigenvalue weighted by atomic mass is 32.1. The van der Waals surface area contributed by atoms with E-state index < -0.39 is 23.3 Å². The van der Waals surface area contributed by atoms with E-state index in [-0.39, 0.29) is 45.9 Å². The van der Waals surface area contributed by atoms with Crippen LogP contribution in [0.2, 0.25) is 0 Å². The highest BCUT2D eigenvalue weighted by Gasteiger charge is 2.50. The molecule has 0 bridgehead atoms. The maximum atomic E-state index is 13.6. The van der Waals surface area contributed by atoms with Gasteiger partial charge in [-0.1, -0.05) is 0 Å². The second kappa shape index (κ2) is 13.7. The lowest BCUT2D eigenvalue weighted by molar-refractivity contribution is -0.124. The highest BCUT2D eigenvalue weighted by Crippen LogP contribution is 2.49. The summed E-state index contributed by atoms with van der Waals surface area (Å²) in [5, 5.41) is 5.37. The van der Waals surface area contributed by atoms with Gasteiger partial charge < -0.3 is 19.6 Å². The first-order chi connectivity index (χ1) is 24.9. The Morgan fingerprint density at radius 2 is 0.596 bits per heavy atom. The molecule has 4 amide bonds. The second-order valence-corrected chi connectivity index (χ2v) is 15.3. The van der Waals surface area contributed by atoms with Crippen LogP contribution in [0, 0.1) is 23.3 Å². The third kappa shape index (κ3) is 5.50. The molecular formula is C36H28F4N4O4S4. The quantitative estimate of drug-likeness (QED) is 0.171. The predicted molar refractivity (Wildman–Crippen MR) is 194 cm³/mol. The van der Waals surface area contributed by atoms with E-state index in [9.17, 15) is 36.7 Å². The summed E-state index contributed by atoms with van der Waals surface area (Å²) in [5.41, 5.74) is 2.89. The van der Waals surface area contributed by atoms with Crippen LogP contribution in [0.15, 0.2) is 68.1 Å². The molecular weight excluding hydrogens is 757 g/mol. The van der Waals surface area contributed by atoms with Crippen LogP contribution in [0.3, 0.4) is 0 Å². The molecule has 0 radical (unpaired) electrons. The van der Waals surface area contributed by atoms with Gasteiger partial charge in [-0.15, -0.1) is 45.3 Å². The van der Waals surface area contributed by atoms with Crippen molar-refractivity contribution in [2.45, 2.75) is 27.7 Å². The van der Waals surface area contributed by atoms with Crippen LogP contribution in [0.5, 0.6) is 0 Å². The summed E-state index contributed by atoms with van der Waals surface area (Å²) in [7, 11) is 0. The third-order valence-corrected chi connectivity index (χ3v) is 12.5. The van der Waals surface area contributed by atoms with Crippen molar-refractivity contribution in [1.29, 1.82) is 0 Å². The first-order valence-electron chi connectivity index (χ1n) is 16.2. The monoisotopic (exact) mass is 784 g/mol. The molecule has 4 aliphatic heterocycles. The summed E-state index contributed by atoms with van der Waals surface area (Å²) in [6.45, 7) is 8.62. The van der Waals surface area contributed by atoms with Crippen molar-refractivity contribution < 1.29 is 36.7 Å². The van der Waals surface area contributed by atoms with Gasteiger partial charge in [-0.05, 0) is 52.0 Å². The maximum Gasteiger partial charge on any atom is 0.261 e. The van der Waals surface area contributed by atoms with Crippen molar-refractivity contribution in [3.05, 3.63) is 111 Å². The Balaban J connectivity index is 0.000000162. The minimum Gasteiger partial charge on any atom is -0.306 e. The van der Waals surface area contributed by atoms with Crippen LogP contribution in [-0.2, 0) is 19.2 Å². The zero-order valence-corrected chi connectivity index (χ0v) is 31.3. The molecule has 0 saturated heterocycles. The molecule has 52 heavy (non-hydrogen) atoms. The van der Waals surface area contributed by atoms with Crippen molar-refractivity contribution >= 4 is 91.8 Å². The van der Waals surface area contributed by atoms with Gasteiger partial charge in [-0.25, -0.2) is 17.6 Å². The molecule has 0 fully saturated rings. The molecule has 8 heterocycles. The Kier molecular flexibility index (Phi) is 9.44. The van der Waals surface area contributed by atoms with E-state index >= 15 is 0 Å². The molecule has 268 valence electrons. The SMILES string of the molecule is CCN1C(=O)C2=C(c3cc(F)cs3)N(CC)C(=O)C2=C1c1cc(F)cs1.CCN1C(=O)C2=C(c3cc(F)cs3)N(CC)C(=O)C2=C1c1cc(F)cs1. The van der Waals surface area contributed by atoms with E-state index in [4.69, 9.17) is 0 Å². The molecule has 4 aromatic heterocycles. The van der Waals surface area contributed by atoms with E-state index in [1.54, 1.807) is 27.7 Å². The van der Waals surface area contributed by atoms with Crippen LogP contribution in [0.1, 0.15) is 47.2 Å². The highest BCUT2D eigenvalue weighted by molar-refractivity contribution is 7.12. The van der Waals surface area contributed by atoms with E-state index in [1.807, 2.05) is 0 Å². The van der Waals surface area contributed by atoms with Crippen molar-refractivity contribution in [1.82, 2.24) is 19.6 Å². The van der Waals surface area contributed by atoms with Gasteiger partial charge in [-0.3, -0.25) is 19.2 Å². The Bertz CT molecular complexity index is 2010. The van der Waals surface area contributed by atoms with Crippen molar-refractivity contribution in [2.75, 3.05) is 26.2 Å². The lowest BCUT2D eigenvalue weighted by atomic mass is 10.1. The van der Waals surface area contributed by atoms with Gasteiger partial charge in [0.25, 0.3) is 23.6 Å². The van der Waals surface area contributed by atoms with Gasteiger partial charge in [0.1, 0.15) is 23.3 Å². The van der Waals surface area contributed by atoms with Crippen molar-refractivity contribution in [2.24, 2.45) is 0 Å². The normalized spacial score (nSPS) is 17.2. The van der Waals surface area contributed by atoms with E-state index in [0.717, 1.165) is 45.3 Å². The number of carbonyl (C=O) groups is 4. The lowest BCUT2D eigenvalue weighted by Crippen LogP contribution is -2.29. The number of carbonyl (C=O) groups excluding carboxylic acids is 4. The molecule has 0 unspecified atom stereocenters. The molecule has 8 rings (SSSR count). The zero-order chi connectivity index (χ0) is 37.2. The van der Waals surface area contributed by atoms with E-state index in [1.165, 1.54) is 65.4 Å². The van der Waals surface area contributed by atoms with Crippen LogP contribution in [-0.4, -0.2) is 69.4 Å². The number of halogens is 4. The molecule has 4 aromatic rings. The van der Waals surface area contributed by atoms with E-state index in [0.29, 0.717) is 68.5 Å². The number of hydrogen-bond donors (Lipinski definition) is 0. The van der Waals surface area contributed by atoms with Gasteiger partial charge in [0.15, 0.2) is 0 Å². The molecule has 0 atom stereocenters. The number of hydrogen-bond acceptors (Lipinski definition) is 8. The Morgan fingerprint density at radius 3 is 0.731 bits per heavy atom. The second-order valence-electron chi connectivity index (χ2n) is 11.6. The van der Waals surface area contributed by atoms with Crippen LogP contribution < -0.4 is 0 Å². The Morgan fingerprint density at radius 1 is 0.404 bits per heavy atom. The fraction of sp³-hybridized carbons (Fsp3) is 0.222. The summed E-state index contributed by atoms with van der Waals surface area (Å²) in [4.78, 5) is 60.4. The number of amides is 4. The molecule has 0 saturated carbocycles. The predicted octanol–water partition coefficient (Wildman–Crippen LogP) is 7.87.